The third kappa shape index (κ3) is 3.69. The molecule has 0 radical (unpaired) electrons. The number of carboxylic acid groups (broad SMARTS) is 1. The molecule has 2 rings (SSSR count). The summed E-state index contributed by atoms with van der Waals surface area (Å²) < 4.78 is 26.6. The summed E-state index contributed by atoms with van der Waals surface area (Å²) in [5.74, 6) is -2.70. The van der Waals surface area contributed by atoms with Crippen LogP contribution >= 0.6 is 15.9 Å². The number of hydrogen-bond acceptors (Lipinski definition) is 2. The number of amides is 2. The van der Waals surface area contributed by atoms with Gasteiger partial charge in [0.15, 0.2) is 5.82 Å². The molecule has 114 valence electrons. The number of benzene rings is 1. The quantitative estimate of drug-likeness (QED) is 0.769. The zero-order chi connectivity index (χ0) is 15.6. The summed E-state index contributed by atoms with van der Waals surface area (Å²) in [5, 5.41) is 13.7. The minimum absolute atomic E-state index is 0.0658. The summed E-state index contributed by atoms with van der Waals surface area (Å²) >= 11 is 2.96. The molecule has 1 aliphatic rings. The molecule has 1 fully saturated rings. The van der Waals surface area contributed by atoms with Crippen molar-refractivity contribution < 1.29 is 23.5 Å². The molecular formula is C13H13BrF2N2O3. The molecule has 0 unspecified atom stereocenters. The Kier molecular flexibility index (Phi) is 4.46. The van der Waals surface area contributed by atoms with E-state index in [0.29, 0.717) is 18.9 Å². The molecule has 1 aromatic rings. The largest absolute Gasteiger partial charge is 0.481 e. The Bertz CT molecular complexity index is 568. The van der Waals surface area contributed by atoms with Crippen molar-refractivity contribution >= 4 is 33.6 Å². The van der Waals surface area contributed by atoms with Crippen LogP contribution in [0.4, 0.5) is 19.3 Å². The monoisotopic (exact) mass is 362 g/mol. The van der Waals surface area contributed by atoms with Crippen molar-refractivity contribution in [3.8, 4) is 0 Å². The average molecular weight is 363 g/mol. The van der Waals surface area contributed by atoms with E-state index in [-0.39, 0.29) is 16.6 Å². The zero-order valence-corrected chi connectivity index (χ0v) is 12.5. The van der Waals surface area contributed by atoms with Crippen molar-refractivity contribution in [3.05, 3.63) is 28.2 Å². The predicted molar refractivity (Wildman–Crippen MR) is 75.0 cm³/mol. The lowest BCUT2D eigenvalue weighted by atomic mass is 9.74. The van der Waals surface area contributed by atoms with Crippen LogP contribution in [-0.2, 0) is 4.79 Å². The second-order valence-corrected chi connectivity index (χ2v) is 5.88. The van der Waals surface area contributed by atoms with E-state index in [0.717, 1.165) is 12.5 Å². The Morgan fingerprint density at radius 3 is 2.48 bits per heavy atom. The molecule has 3 N–H and O–H groups in total. The molecule has 0 spiro atoms. The topological polar surface area (TPSA) is 78.4 Å². The van der Waals surface area contributed by atoms with Gasteiger partial charge in [-0.15, -0.1) is 0 Å². The Labute approximate surface area is 127 Å². The Hall–Kier alpha value is -1.70. The summed E-state index contributed by atoms with van der Waals surface area (Å²) in [4.78, 5) is 22.7. The lowest BCUT2D eigenvalue weighted by Crippen LogP contribution is -2.55. The van der Waals surface area contributed by atoms with E-state index in [9.17, 15) is 18.4 Å². The van der Waals surface area contributed by atoms with Gasteiger partial charge in [-0.25, -0.2) is 13.6 Å². The van der Waals surface area contributed by atoms with Crippen LogP contribution < -0.4 is 10.6 Å². The molecule has 0 atom stereocenters. The van der Waals surface area contributed by atoms with Gasteiger partial charge in [-0.2, -0.15) is 0 Å². The van der Waals surface area contributed by atoms with E-state index >= 15 is 0 Å². The first-order valence-corrected chi connectivity index (χ1v) is 7.06. The average Bonchev–Trinajstić information content (AvgIpc) is 2.30. The fourth-order valence-electron chi connectivity index (χ4n) is 2.29. The Morgan fingerprint density at radius 2 is 2.00 bits per heavy atom. The van der Waals surface area contributed by atoms with Crippen LogP contribution in [0, 0.1) is 11.6 Å². The summed E-state index contributed by atoms with van der Waals surface area (Å²) in [7, 11) is 0. The number of carbonyl (C=O) groups excluding carboxylic acids is 1. The number of hydrogen-bond donors (Lipinski definition) is 3. The fourth-order valence-corrected chi connectivity index (χ4v) is 2.79. The predicted octanol–water partition coefficient (Wildman–Crippen LogP) is 3.25. The molecule has 5 nitrogen and oxygen atoms in total. The van der Waals surface area contributed by atoms with Crippen LogP contribution in [0.25, 0.3) is 0 Å². The highest BCUT2D eigenvalue weighted by Gasteiger charge is 2.40. The molecule has 0 saturated heterocycles. The first kappa shape index (κ1) is 15.7. The van der Waals surface area contributed by atoms with Gasteiger partial charge in [-0.3, -0.25) is 4.79 Å². The molecule has 1 aliphatic carbocycles. The SMILES string of the molecule is O=C(O)CC1(NC(=O)Nc2c(F)cc(F)cc2Br)CCC1. The molecular weight excluding hydrogens is 350 g/mol. The normalized spacial score (nSPS) is 16.0. The van der Waals surface area contributed by atoms with E-state index in [1.165, 1.54) is 0 Å². The molecule has 0 aliphatic heterocycles. The molecule has 0 heterocycles. The molecule has 0 bridgehead atoms. The number of anilines is 1. The molecule has 8 heteroatoms. The fraction of sp³-hybridized carbons (Fsp3) is 0.385. The van der Waals surface area contributed by atoms with Crippen LogP contribution in [-0.4, -0.2) is 22.6 Å². The number of nitrogens with one attached hydrogen (secondary N) is 2. The second kappa shape index (κ2) is 5.97. The minimum Gasteiger partial charge on any atom is -0.481 e. The Morgan fingerprint density at radius 1 is 1.33 bits per heavy atom. The highest BCUT2D eigenvalue weighted by atomic mass is 79.9. The highest BCUT2D eigenvalue weighted by molar-refractivity contribution is 9.10. The van der Waals surface area contributed by atoms with Crippen molar-refractivity contribution in [3.63, 3.8) is 0 Å². The maximum absolute atomic E-state index is 13.6. The minimum atomic E-state index is -1.01. The van der Waals surface area contributed by atoms with Gasteiger partial charge in [0.05, 0.1) is 17.6 Å². The number of urea groups is 1. The van der Waals surface area contributed by atoms with Crippen molar-refractivity contribution in [2.75, 3.05) is 5.32 Å². The van der Waals surface area contributed by atoms with E-state index in [1.807, 2.05) is 0 Å². The molecule has 0 aromatic heterocycles. The highest BCUT2D eigenvalue weighted by Crippen LogP contribution is 2.35. The van der Waals surface area contributed by atoms with Crippen molar-refractivity contribution in [2.24, 2.45) is 0 Å². The standard InChI is InChI=1S/C13H13BrF2N2O3/c14-8-4-7(15)5-9(16)11(8)17-12(21)18-13(2-1-3-13)6-10(19)20/h4-5H,1-3,6H2,(H,19,20)(H2,17,18,21). The first-order valence-electron chi connectivity index (χ1n) is 6.27. The van der Waals surface area contributed by atoms with Crippen LogP contribution in [0.1, 0.15) is 25.7 Å². The second-order valence-electron chi connectivity index (χ2n) is 5.03. The van der Waals surface area contributed by atoms with Gasteiger partial charge in [0.25, 0.3) is 0 Å². The maximum Gasteiger partial charge on any atom is 0.319 e. The summed E-state index contributed by atoms with van der Waals surface area (Å²) in [6, 6.07) is 0.952. The van der Waals surface area contributed by atoms with Crippen LogP contribution in [0.2, 0.25) is 0 Å². The maximum atomic E-state index is 13.6. The first-order chi connectivity index (χ1) is 9.81. The Balaban J connectivity index is 2.07. The van der Waals surface area contributed by atoms with Gasteiger partial charge in [0.1, 0.15) is 5.82 Å². The number of rotatable bonds is 4. The third-order valence-electron chi connectivity index (χ3n) is 3.42. The number of halogens is 3. The van der Waals surface area contributed by atoms with Crippen molar-refractivity contribution in [1.82, 2.24) is 5.32 Å². The van der Waals surface area contributed by atoms with Gasteiger partial charge >= 0.3 is 12.0 Å². The van der Waals surface area contributed by atoms with Gasteiger partial charge in [-0.1, -0.05) is 0 Å². The van der Waals surface area contributed by atoms with Gasteiger partial charge < -0.3 is 15.7 Å². The van der Waals surface area contributed by atoms with Gasteiger partial charge in [0, 0.05) is 10.5 Å². The lowest BCUT2D eigenvalue weighted by molar-refractivity contribution is -0.139. The summed E-state index contributed by atoms with van der Waals surface area (Å²) in [6.45, 7) is 0. The number of aliphatic carboxylic acids is 1. The van der Waals surface area contributed by atoms with E-state index in [2.05, 4.69) is 26.6 Å². The number of carboxylic acids is 1. The third-order valence-corrected chi connectivity index (χ3v) is 4.05. The van der Waals surface area contributed by atoms with Crippen molar-refractivity contribution in [1.29, 1.82) is 0 Å². The lowest BCUT2D eigenvalue weighted by Gasteiger charge is -2.41. The molecule has 2 amide bonds. The summed E-state index contributed by atoms with van der Waals surface area (Å²) in [6.07, 6.45) is 1.75. The van der Waals surface area contributed by atoms with E-state index < -0.39 is 29.2 Å². The molecule has 1 aromatic carbocycles. The summed E-state index contributed by atoms with van der Waals surface area (Å²) in [5.41, 5.74) is -0.988. The van der Waals surface area contributed by atoms with Gasteiger partial charge in [0.2, 0.25) is 0 Å². The van der Waals surface area contributed by atoms with Crippen molar-refractivity contribution in [2.45, 2.75) is 31.2 Å². The molecule has 1 saturated carbocycles. The zero-order valence-electron chi connectivity index (χ0n) is 10.9. The van der Waals surface area contributed by atoms with Crippen LogP contribution in [0.15, 0.2) is 16.6 Å². The number of carbonyl (C=O) groups is 2. The molecule has 21 heavy (non-hydrogen) atoms. The smallest absolute Gasteiger partial charge is 0.319 e. The van der Waals surface area contributed by atoms with Crippen LogP contribution in [0.5, 0.6) is 0 Å². The van der Waals surface area contributed by atoms with Gasteiger partial charge in [-0.05, 0) is 41.3 Å². The van der Waals surface area contributed by atoms with E-state index in [1.54, 1.807) is 0 Å². The van der Waals surface area contributed by atoms with Crippen LogP contribution in [0.3, 0.4) is 0 Å². The van der Waals surface area contributed by atoms with E-state index in [4.69, 9.17) is 5.11 Å².